The highest BCUT2D eigenvalue weighted by atomic mass is 16.3. The van der Waals surface area contributed by atoms with Gasteiger partial charge in [-0.25, -0.2) is 0 Å². The summed E-state index contributed by atoms with van der Waals surface area (Å²) in [4.78, 5) is 0. The number of hydrogen-bond donors (Lipinski definition) is 2. The number of aliphatic hydroxyl groups is 1. The van der Waals surface area contributed by atoms with Gasteiger partial charge in [-0.3, -0.25) is 0 Å². The lowest BCUT2D eigenvalue weighted by molar-refractivity contribution is 0.0910. The minimum absolute atomic E-state index is 0.0874. The predicted molar refractivity (Wildman–Crippen MR) is 51.2 cm³/mol. The number of rotatable bonds is 4. The fourth-order valence-electron chi connectivity index (χ4n) is 1.81. The van der Waals surface area contributed by atoms with Crippen LogP contribution in [0.4, 0.5) is 0 Å². The van der Waals surface area contributed by atoms with E-state index in [9.17, 15) is 5.11 Å². The molecule has 0 unspecified atom stereocenters. The highest BCUT2D eigenvalue weighted by Crippen LogP contribution is 2.18. The van der Waals surface area contributed by atoms with E-state index in [0.29, 0.717) is 6.04 Å². The molecule has 1 fully saturated rings. The van der Waals surface area contributed by atoms with Crippen molar-refractivity contribution in [2.45, 2.75) is 57.6 Å². The second-order valence-corrected chi connectivity index (χ2v) is 3.77. The Kier molecular flexibility index (Phi) is 4.62. The van der Waals surface area contributed by atoms with E-state index in [1.54, 1.807) is 0 Å². The maximum atomic E-state index is 9.61. The lowest BCUT2D eigenvalue weighted by atomic mass is 9.92. The Bertz CT molecular complexity index is 116. The van der Waals surface area contributed by atoms with E-state index in [1.807, 2.05) is 0 Å². The van der Waals surface area contributed by atoms with Crippen LogP contribution in [-0.2, 0) is 0 Å². The summed E-state index contributed by atoms with van der Waals surface area (Å²) < 4.78 is 0. The molecule has 2 heteroatoms. The van der Waals surface area contributed by atoms with Gasteiger partial charge in [-0.2, -0.15) is 0 Å². The average molecular weight is 171 g/mol. The molecular weight excluding hydrogens is 150 g/mol. The standard InChI is InChI=1S/C10H21NO/c1-2-3-8-11-9-6-4-5-7-10(9)12/h9-12H,2-8H2,1H3/t9-,10-/m1/s1. The molecule has 0 bridgehead atoms. The van der Waals surface area contributed by atoms with E-state index in [2.05, 4.69) is 12.2 Å². The molecule has 0 spiro atoms. The molecule has 0 aromatic carbocycles. The van der Waals surface area contributed by atoms with Crippen molar-refractivity contribution < 1.29 is 5.11 Å². The van der Waals surface area contributed by atoms with E-state index in [0.717, 1.165) is 19.4 Å². The molecule has 2 N–H and O–H groups in total. The second-order valence-electron chi connectivity index (χ2n) is 3.77. The Morgan fingerprint density at radius 3 is 2.75 bits per heavy atom. The Morgan fingerprint density at radius 2 is 2.08 bits per heavy atom. The van der Waals surface area contributed by atoms with Crippen LogP contribution in [0.15, 0.2) is 0 Å². The van der Waals surface area contributed by atoms with Crippen molar-refractivity contribution in [1.29, 1.82) is 0 Å². The largest absolute Gasteiger partial charge is 0.392 e. The molecule has 0 aromatic heterocycles. The summed E-state index contributed by atoms with van der Waals surface area (Å²) in [5, 5.41) is 13.0. The van der Waals surface area contributed by atoms with Crippen molar-refractivity contribution in [3.8, 4) is 0 Å². The van der Waals surface area contributed by atoms with Crippen LogP contribution in [0.25, 0.3) is 0 Å². The summed E-state index contributed by atoms with van der Waals surface area (Å²) in [6, 6.07) is 0.380. The van der Waals surface area contributed by atoms with Gasteiger partial charge in [0.05, 0.1) is 6.10 Å². The normalized spacial score (nSPS) is 30.5. The van der Waals surface area contributed by atoms with Crippen LogP contribution in [0.5, 0.6) is 0 Å². The van der Waals surface area contributed by atoms with Crippen molar-refractivity contribution >= 4 is 0 Å². The average Bonchev–Trinajstić information content (AvgIpc) is 2.09. The van der Waals surface area contributed by atoms with Gasteiger partial charge in [0, 0.05) is 6.04 Å². The highest BCUT2D eigenvalue weighted by molar-refractivity contribution is 4.79. The lowest BCUT2D eigenvalue weighted by Gasteiger charge is -2.28. The van der Waals surface area contributed by atoms with Gasteiger partial charge < -0.3 is 10.4 Å². The number of hydrogen-bond acceptors (Lipinski definition) is 2. The molecule has 0 saturated heterocycles. The minimum atomic E-state index is -0.0874. The van der Waals surface area contributed by atoms with Crippen molar-refractivity contribution in [1.82, 2.24) is 5.32 Å². The summed E-state index contributed by atoms with van der Waals surface area (Å²) in [7, 11) is 0. The molecule has 1 saturated carbocycles. The summed E-state index contributed by atoms with van der Waals surface area (Å²) >= 11 is 0. The molecule has 0 aliphatic heterocycles. The van der Waals surface area contributed by atoms with E-state index in [1.165, 1.54) is 25.7 Å². The maximum absolute atomic E-state index is 9.61. The molecule has 1 rings (SSSR count). The quantitative estimate of drug-likeness (QED) is 0.631. The van der Waals surface area contributed by atoms with Crippen LogP contribution in [0, 0.1) is 0 Å². The Balaban J connectivity index is 2.11. The minimum Gasteiger partial charge on any atom is -0.392 e. The Labute approximate surface area is 75.4 Å². The molecule has 0 heterocycles. The van der Waals surface area contributed by atoms with Gasteiger partial charge >= 0.3 is 0 Å². The van der Waals surface area contributed by atoms with Crippen LogP contribution in [-0.4, -0.2) is 23.8 Å². The lowest BCUT2D eigenvalue weighted by Crippen LogP contribution is -2.42. The smallest absolute Gasteiger partial charge is 0.0693 e. The van der Waals surface area contributed by atoms with E-state index in [-0.39, 0.29) is 6.10 Å². The van der Waals surface area contributed by atoms with Gasteiger partial charge in [0.15, 0.2) is 0 Å². The molecule has 2 nitrogen and oxygen atoms in total. The van der Waals surface area contributed by atoms with Gasteiger partial charge in [0.1, 0.15) is 0 Å². The van der Waals surface area contributed by atoms with Crippen molar-refractivity contribution in [2.24, 2.45) is 0 Å². The van der Waals surface area contributed by atoms with Crippen molar-refractivity contribution in [3.63, 3.8) is 0 Å². The third-order valence-corrected chi connectivity index (χ3v) is 2.67. The van der Waals surface area contributed by atoms with E-state index < -0.39 is 0 Å². The summed E-state index contributed by atoms with van der Waals surface area (Å²) in [5.74, 6) is 0. The first-order valence-corrected chi connectivity index (χ1v) is 5.26. The number of unbranched alkanes of at least 4 members (excludes halogenated alkanes) is 1. The van der Waals surface area contributed by atoms with Gasteiger partial charge in [-0.15, -0.1) is 0 Å². The SMILES string of the molecule is CCCCN[C@@H]1CCCC[C@H]1O. The van der Waals surface area contributed by atoms with Crippen molar-refractivity contribution in [2.75, 3.05) is 6.54 Å². The predicted octanol–water partition coefficient (Wildman–Crippen LogP) is 1.68. The summed E-state index contributed by atoms with van der Waals surface area (Å²) in [5.41, 5.74) is 0. The number of nitrogens with one attached hydrogen (secondary N) is 1. The molecular formula is C10H21NO. The molecule has 12 heavy (non-hydrogen) atoms. The maximum Gasteiger partial charge on any atom is 0.0693 e. The first kappa shape index (κ1) is 10.0. The second kappa shape index (κ2) is 5.55. The summed E-state index contributed by atoms with van der Waals surface area (Å²) in [6.45, 7) is 3.26. The van der Waals surface area contributed by atoms with Crippen molar-refractivity contribution in [3.05, 3.63) is 0 Å². The zero-order chi connectivity index (χ0) is 8.81. The summed E-state index contributed by atoms with van der Waals surface area (Å²) in [6.07, 6.45) is 7.00. The van der Waals surface area contributed by atoms with Crippen LogP contribution >= 0.6 is 0 Å². The third-order valence-electron chi connectivity index (χ3n) is 2.67. The van der Waals surface area contributed by atoms with Crippen LogP contribution < -0.4 is 5.32 Å². The van der Waals surface area contributed by atoms with Crippen LogP contribution in [0.3, 0.4) is 0 Å². The molecule has 1 aliphatic rings. The molecule has 0 amide bonds. The zero-order valence-electron chi connectivity index (χ0n) is 8.05. The third kappa shape index (κ3) is 3.11. The number of aliphatic hydroxyl groups excluding tert-OH is 1. The van der Waals surface area contributed by atoms with E-state index >= 15 is 0 Å². The highest BCUT2D eigenvalue weighted by Gasteiger charge is 2.21. The van der Waals surface area contributed by atoms with Gasteiger partial charge in [-0.05, 0) is 25.8 Å². The fourth-order valence-corrected chi connectivity index (χ4v) is 1.81. The topological polar surface area (TPSA) is 32.3 Å². The molecule has 0 radical (unpaired) electrons. The van der Waals surface area contributed by atoms with Crippen LogP contribution in [0.1, 0.15) is 45.4 Å². The first-order chi connectivity index (χ1) is 5.84. The monoisotopic (exact) mass is 171 g/mol. The van der Waals surface area contributed by atoms with Gasteiger partial charge in [-0.1, -0.05) is 26.2 Å². The molecule has 1 aliphatic carbocycles. The molecule has 72 valence electrons. The van der Waals surface area contributed by atoms with Gasteiger partial charge in [0.25, 0.3) is 0 Å². The van der Waals surface area contributed by atoms with Crippen LogP contribution in [0.2, 0.25) is 0 Å². The Morgan fingerprint density at radius 1 is 1.33 bits per heavy atom. The van der Waals surface area contributed by atoms with Gasteiger partial charge in [0.2, 0.25) is 0 Å². The fraction of sp³-hybridized carbons (Fsp3) is 1.00. The first-order valence-electron chi connectivity index (χ1n) is 5.26. The Hall–Kier alpha value is -0.0800. The zero-order valence-corrected chi connectivity index (χ0v) is 8.05. The molecule has 2 atom stereocenters. The van der Waals surface area contributed by atoms with E-state index in [4.69, 9.17) is 0 Å². The molecule has 0 aromatic rings.